The first-order chi connectivity index (χ1) is 5.77. The Morgan fingerprint density at radius 2 is 2.33 bits per heavy atom. The molecule has 0 unspecified atom stereocenters. The summed E-state index contributed by atoms with van der Waals surface area (Å²) in [4.78, 5) is 0. The number of rotatable bonds is 0. The largest absolute Gasteiger partial charge is 0.323 e. The molecule has 1 aromatic rings. The average molecular weight is 244 g/mol. The second kappa shape index (κ2) is 3.40. The molecule has 64 valence electrons. The maximum atomic E-state index is 5.96. The molecule has 0 saturated carbocycles. The van der Waals surface area contributed by atoms with Gasteiger partial charge in [-0.15, -0.1) is 0 Å². The summed E-state index contributed by atoms with van der Waals surface area (Å²) in [5.74, 6) is 2.15. The van der Waals surface area contributed by atoms with E-state index in [1.165, 1.54) is 11.1 Å². The Labute approximate surface area is 84.9 Å². The quantitative estimate of drug-likeness (QED) is 0.759. The van der Waals surface area contributed by atoms with Gasteiger partial charge in [-0.2, -0.15) is 11.8 Å². The fourth-order valence-corrected chi connectivity index (χ4v) is 2.88. The van der Waals surface area contributed by atoms with E-state index < -0.39 is 0 Å². The summed E-state index contributed by atoms with van der Waals surface area (Å²) in [6.07, 6.45) is 0. The predicted octanol–water partition coefficient (Wildman–Crippen LogP) is 2.70. The molecule has 2 rings (SSSR count). The van der Waals surface area contributed by atoms with E-state index in [1.54, 1.807) is 0 Å². The minimum Gasteiger partial charge on any atom is -0.323 e. The first-order valence-corrected chi connectivity index (χ1v) is 5.84. The third-order valence-corrected chi connectivity index (χ3v) is 3.66. The number of benzene rings is 1. The third-order valence-electron chi connectivity index (χ3n) is 2.06. The summed E-state index contributed by atoms with van der Waals surface area (Å²) in [5.41, 5.74) is 8.66. The van der Waals surface area contributed by atoms with Gasteiger partial charge in [0.05, 0.1) is 0 Å². The molecule has 0 bridgehead atoms. The van der Waals surface area contributed by atoms with E-state index in [1.807, 2.05) is 11.8 Å². The Balaban J connectivity index is 2.46. The molecule has 12 heavy (non-hydrogen) atoms. The van der Waals surface area contributed by atoms with E-state index in [4.69, 9.17) is 5.73 Å². The first kappa shape index (κ1) is 8.60. The van der Waals surface area contributed by atoms with Gasteiger partial charge in [-0.05, 0) is 23.3 Å². The molecular formula is C9H10BrNS. The Morgan fingerprint density at radius 3 is 3.17 bits per heavy atom. The van der Waals surface area contributed by atoms with Crippen molar-refractivity contribution >= 4 is 27.7 Å². The summed E-state index contributed by atoms with van der Waals surface area (Å²) in [6.45, 7) is 0. The molecule has 2 N–H and O–H groups in total. The molecule has 1 aliphatic heterocycles. The lowest BCUT2D eigenvalue weighted by Gasteiger charge is -2.21. The normalized spacial score (nSPS) is 22.0. The highest BCUT2D eigenvalue weighted by Gasteiger charge is 2.16. The van der Waals surface area contributed by atoms with E-state index >= 15 is 0 Å². The van der Waals surface area contributed by atoms with Crippen molar-refractivity contribution in [1.82, 2.24) is 0 Å². The maximum absolute atomic E-state index is 5.96. The van der Waals surface area contributed by atoms with Gasteiger partial charge in [-0.25, -0.2) is 0 Å². The highest BCUT2D eigenvalue weighted by atomic mass is 79.9. The van der Waals surface area contributed by atoms with Crippen LogP contribution >= 0.6 is 27.7 Å². The maximum Gasteiger partial charge on any atom is 0.0389 e. The van der Waals surface area contributed by atoms with Crippen LogP contribution in [0, 0.1) is 0 Å². The molecule has 1 heterocycles. The number of thioether (sulfide) groups is 1. The van der Waals surface area contributed by atoms with Gasteiger partial charge in [-0.1, -0.05) is 22.0 Å². The molecule has 0 radical (unpaired) electrons. The van der Waals surface area contributed by atoms with E-state index in [0.717, 1.165) is 16.0 Å². The second-order valence-corrected chi connectivity index (χ2v) is 4.91. The molecule has 0 aliphatic carbocycles. The molecule has 0 aromatic heterocycles. The topological polar surface area (TPSA) is 26.0 Å². The molecule has 0 spiro atoms. The van der Waals surface area contributed by atoms with Crippen LogP contribution in [0.4, 0.5) is 0 Å². The van der Waals surface area contributed by atoms with Crippen LogP contribution in [-0.4, -0.2) is 5.75 Å². The van der Waals surface area contributed by atoms with Gasteiger partial charge in [0.2, 0.25) is 0 Å². The highest BCUT2D eigenvalue weighted by molar-refractivity contribution is 9.10. The van der Waals surface area contributed by atoms with E-state index in [9.17, 15) is 0 Å². The number of halogens is 1. The summed E-state index contributed by atoms with van der Waals surface area (Å²) in [6, 6.07) is 6.59. The SMILES string of the molecule is N[C@@H]1CSCc2cc(Br)ccc21. The monoisotopic (exact) mass is 243 g/mol. The lowest BCUT2D eigenvalue weighted by molar-refractivity contribution is 0.809. The summed E-state index contributed by atoms with van der Waals surface area (Å²) in [5, 5.41) is 0. The minimum atomic E-state index is 0.229. The Morgan fingerprint density at radius 1 is 1.50 bits per heavy atom. The van der Waals surface area contributed by atoms with Crippen molar-refractivity contribution in [3.63, 3.8) is 0 Å². The zero-order valence-corrected chi connectivity index (χ0v) is 8.99. The van der Waals surface area contributed by atoms with Crippen molar-refractivity contribution in [2.75, 3.05) is 5.75 Å². The van der Waals surface area contributed by atoms with Crippen LogP contribution in [0.1, 0.15) is 17.2 Å². The Kier molecular flexibility index (Phi) is 2.44. The predicted molar refractivity (Wildman–Crippen MR) is 57.2 cm³/mol. The van der Waals surface area contributed by atoms with Crippen molar-refractivity contribution in [3.8, 4) is 0 Å². The molecule has 1 atom stereocenters. The fraction of sp³-hybridized carbons (Fsp3) is 0.333. The molecule has 1 aliphatic rings. The molecule has 0 fully saturated rings. The van der Waals surface area contributed by atoms with Crippen molar-refractivity contribution in [3.05, 3.63) is 33.8 Å². The second-order valence-electron chi connectivity index (χ2n) is 2.96. The van der Waals surface area contributed by atoms with Gasteiger partial charge < -0.3 is 5.73 Å². The Bertz CT molecular complexity index is 301. The van der Waals surface area contributed by atoms with Crippen LogP contribution in [0.2, 0.25) is 0 Å². The van der Waals surface area contributed by atoms with Crippen LogP contribution < -0.4 is 5.73 Å². The summed E-state index contributed by atoms with van der Waals surface area (Å²) >= 11 is 5.37. The van der Waals surface area contributed by atoms with Gasteiger partial charge in [0.25, 0.3) is 0 Å². The van der Waals surface area contributed by atoms with Gasteiger partial charge in [-0.3, -0.25) is 0 Å². The van der Waals surface area contributed by atoms with Gasteiger partial charge in [0, 0.05) is 22.0 Å². The van der Waals surface area contributed by atoms with Crippen LogP contribution in [0.3, 0.4) is 0 Å². The standard InChI is InChI=1S/C9H10BrNS/c10-7-1-2-8-6(3-7)4-12-5-9(8)11/h1-3,9H,4-5,11H2/t9-/m1/s1. The molecule has 0 saturated heterocycles. The van der Waals surface area contributed by atoms with Crippen molar-refractivity contribution in [2.24, 2.45) is 5.73 Å². The van der Waals surface area contributed by atoms with Gasteiger partial charge in [0.15, 0.2) is 0 Å². The van der Waals surface area contributed by atoms with Crippen LogP contribution in [-0.2, 0) is 5.75 Å². The first-order valence-electron chi connectivity index (χ1n) is 3.89. The van der Waals surface area contributed by atoms with Crippen LogP contribution in [0.5, 0.6) is 0 Å². The zero-order valence-electron chi connectivity index (χ0n) is 6.59. The zero-order chi connectivity index (χ0) is 8.55. The summed E-state index contributed by atoms with van der Waals surface area (Å²) in [7, 11) is 0. The summed E-state index contributed by atoms with van der Waals surface area (Å²) < 4.78 is 1.15. The van der Waals surface area contributed by atoms with Gasteiger partial charge >= 0.3 is 0 Å². The number of hydrogen-bond acceptors (Lipinski definition) is 2. The third kappa shape index (κ3) is 1.53. The minimum absolute atomic E-state index is 0.229. The number of fused-ring (bicyclic) bond motifs is 1. The van der Waals surface area contributed by atoms with Crippen molar-refractivity contribution in [1.29, 1.82) is 0 Å². The molecule has 0 amide bonds. The smallest absolute Gasteiger partial charge is 0.0389 e. The number of nitrogens with two attached hydrogens (primary N) is 1. The molecule has 3 heteroatoms. The molecular weight excluding hydrogens is 234 g/mol. The highest BCUT2D eigenvalue weighted by Crippen LogP contribution is 2.31. The number of hydrogen-bond donors (Lipinski definition) is 1. The van der Waals surface area contributed by atoms with Crippen LogP contribution in [0.15, 0.2) is 22.7 Å². The van der Waals surface area contributed by atoms with Crippen molar-refractivity contribution in [2.45, 2.75) is 11.8 Å². The van der Waals surface area contributed by atoms with E-state index in [0.29, 0.717) is 0 Å². The van der Waals surface area contributed by atoms with Crippen molar-refractivity contribution < 1.29 is 0 Å². The van der Waals surface area contributed by atoms with E-state index in [2.05, 4.69) is 34.1 Å². The van der Waals surface area contributed by atoms with Gasteiger partial charge in [0.1, 0.15) is 0 Å². The molecule has 1 nitrogen and oxygen atoms in total. The van der Waals surface area contributed by atoms with Crippen LogP contribution in [0.25, 0.3) is 0 Å². The fourth-order valence-electron chi connectivity index (χ4n) is 1.45. The Hall–Kier alpha value is 0.01000. The average Bonchev–Trinajstić information content (AvgIpc) is 2.04. The lowest BCUT2D eigenvalue weighted by Crippen LogP contribution is -2.18. The molecule has 1 aromatic carbocycles. The van der Waals surface area contributed by atoms with E-state index in [-0.39, 0.29) is 6.04 Å². The lowest BCUT2D eigenvalue weighted by atomic mass is 10.0.